The van der Waals surface area contributed by atoms with Crippen molar-refractivity contribution in [1.82, 2.24) is 10.2 Å². The number of anilines is 1. The molecular formula is C10H7Cl2F2N3OS. The van der Waals surface area contributed by atoms with Crippen LogP contribution in [-0.4, -0.2) is 32.8 Å². The monoisotopic (exact) mass is 325 g/mol. The van der Waals surface area contributed by atoms with E-state index in [9.17, 15) is 13.7 Å². The Hall–Kier alpha value is -1.02. The predicted octanol–water partition coefficient (Wildman–Crippen LogP) is 3.26. The molecule has 1 aliphatic heterocycles. The van der Waals surface area contributed by atoms with Crippen LogP contribution in [0.15, 0.2) is 24.3 Å². The van der Waals surface area contributed by atoms with E-state index in [1.165, 1.54) is 12.1 Å². The van der Waals surface area contributed by atoms with Crippen molar-refractivity contribution in [1.29, 1.82) is 0 Å². The molecule has 1 saturated heterocycles. The lowest BCUT2D eigenvalue weighted by atomic mass is 10.3. The van der Waals surface area contributed by atoms with Gasteiger partial charge in [-0.3, -0.25) is 4.90 Å². The fourth-order valence-electron chi connectivity index (χ4n) is 1.70. The third-order valence-electron chi connectivity index (χ3n) is 2.53. The molecule has 1 aliphatic rings. The Morgan fingerprint density at radius 2 is 1.89 bits per heavy atom. The van der Waals surface area contributed by atoms with Crippen molar-refractivity contribution in [2.75, 3.05) is 4.90 Å². The molecule has 9 heteroatoms. The summed E-state index contributed by atoms with van der Waals surface area (Å²) in [5.41, 5.74) is 0.275. The molecule has 0 aliphatic carbocycles. The molecule has 1 aromatic carbocycles. The number of halogens is 4. The third-order valence-corrected chi connectivity index (χ3v) is 3.17. The number of thiocarbonyl (C=S) groups is 1. The number of hydrogen-bond acceptors (Lipinski definition) is 3. The van der Waals surface area contributed by atoms with Gasteiger partial charge in [0.2, 0.25) is 0 Å². The molecule has 1 heterocycles. The minimum atomic E-state index is -1.30. The van der Waals surface area contributed by atoms with Crippen molar-refractivity contribution >= 4 is 52.5 Å². The maximum Gasteiger partial charge on any atom is 0.370 e. The summed E-state index contributed by atoms with van der Waals surface area (Å²) in [6, 6.07) is 3.94. The molecule has 0 bridgehead atoms. The average molecular weight is 326 g/mol. The van der Waals surface area contributed by atoms with Gasteiger partial charge >= 0.3 is 6.03 Å². The molecule has 0 spiro atoms. The van der Waals surface area contributed by atoms with Crippen LogP contribution in [-0.2, 0) is 0 Å². The zero-order chi connectivity index (χ0) is 14.2. The first-order valence-corrected chi connectivity index (χ1v) is 6.38. The van der Waals surface area contributed by atoms with Crippen molar-refractivity contribution in [2.45, 2.75) is 11.1 Å². The minimum absolute atomic E-state index is 0.221. The number of hydrogen-bond donors (Lipinski definition) is 0. The summed E-state index contributed by atoms with van der Waals surface area (Å²) < 4.78 is 26.6. The van der Waals surface area contributed by atoms with Gasteiger partial charge in [0.05, 0.1) is 0 Å². The van der Waals surface area contributed by atoms with Crippen LogP contribution in [0.25, 0.3) is 0 Å². The maximum atomic E-state index is 13.7. The number of hydrazine groups is 1. The van der Waals surface area contributed by atoms with Crippen LogP contribution < -0.4 is 4.90 Å². The topological polar surface area (TPSA) is 26.8 Å². The van der Waals surface area contributed by atoms with Crippen LogP contribution in [0.3, 0.4) is 0 Å². The van der Waals surface area contributed by atoms with Gasteiger partial charge in [-0.05, 0) is 24.3 Å². The number of benzene rings is 1. The molecule has 0 N–H and O–H groups in total. The third kappa shape index (κ3) is 2.51. The molecule has 1 atom stereocenters. The fourth-order valence-corrected chi connectivity index (χ4v) is 2.33. The molecule has 0 radical (unpaired) electrons. The van der Waals surface area contributed by atoms with Crippen LogP contribution in [0, 0.1) is 5.82 Å². The second kappa shape index (κ2) is 5.54. The Morgan fingerprint density at radius 1 is 1.32 bits per heavy atom. The SMILES string of the molecule is O=C1N(c2ccc(F)cc2)C(C=S)N(C(Cl)Cl)N1F. The van der Waals surface area contributed by atoms with E-state index >= 15 is 0 Å². The molecule has 2 rings (SSSR count). The van der Waals surface area contributed by atoms with Crippen molar-refractivity contribution < 1.29 is 13.7 Å². The summed E-state index contributed by atoms with van der Waals surface area (Å²) in [4.78, 5) is 11.5. The van der Waals surface area contributed by atoms with Gasteiger partial charge in [0.1, 0.15) is 12.0 Å². The molecule has 102 valence electrons. The second-order valence-corrected chi connectivity index (χ2v) is 4.92. The van der Waals surface area contributed by atoms with Gasteiger partial charge in [-0.15, -0.1) is 5.01 Å². The van der Waals surface area contributed by atoms with Gasteiger partial charge < -0.3 is 0 Å². The summed E-state index contributed by atoms with van der Waals surface area (Å²) in [5.74, 6) is -0.476. The zero-order valence-corrected chi connectivity index (χ0v) is 11.5. The molecule has 4 nitrogen and oxygen atoms in total. The molecule has 1 fully saturated rings. The number of rotatable bonds is 3. The maximum absolute atomic E-state index is 13.7. The van der Waals surface area contributed by atoms with Crippen molar-refractivity contribution in [2.24, 2.45) is 0 Å². The first-order chi connectivity index (χ1) is 8.97. The summed E-state index contributed by atoms with van der Waals surface area (Å²) in [6.45, 7) is 0. The number of carbonyl (C=O) groups is 1. The van der Waals surface area contributed by atoms with Crippen molar-refractivity contribution in [3.8, 4) is 0 Å². The van der Waals surface area contributed by atoms with E-state index in [1.54, 1.807) is 0 Å². The lowest BCUT2D eigenvalue weighted by Gasteiger charge is -2.25. The smallest absolute Gasteiger partial charge is 0.269 e. The number of alkyl halides is 2. The molecule has 1 aromatic rings. The number of urea groups is 1. The highest BCUT2D eigenvalue weighted by Gasteiger charge is 2.47. The van der Waals surface area contributed by atoms with E-state index in [4.69, 9.17) is 35.4 Å². The second-order valence-electron chi connectivity index (χ2n) is 3.60. The summed E-state index contributed by atoms with van der Waals surface area (Å²) in [7, 11) is 0. The van der Waals surface area contributed by atoms with E-state index in [-0.39, 0.29) is 10.9 Å². The molecule has 0 saturated carbocycles. The Balaban J connectivity index is 2.41. The first-order valence-electron chi connectivity index (χ1n) is 5.03. The van der Waals surface area contributed by atoms with Crippen LogP contribution in [0.5, 0.6) is 0 Å². The molecule has 1 unspecified atom stereocenters. The van der Waals surface area contributed by atoms with E-state index in [2.05, 4.69) is 0 Å². The highest BCUT2D eigenvalue weighted by Crippen LogP contribution is 2.31. The van der Waals surface area contributed by atoms with E-state index in [0.717, 1.165) is 27.4 Å². The normalized spacial score (nSPS) is 20.5. The number of nitrogens with zero attached hydrogens (tertiary/aromatic N) is 3. The van der Waals surface area contributed by atoms with Gasteiger partial charge in [-0.1, -0.05) is 45.1 Å². The van der Waals surface area contributed by atoms with Crippen LogP contribution in [0.2, 0.25) is 0 Å². The van der Waals surface area contributed by atoms with Crippen LogP contribution >= 0.6 is 35.4 Å². The molecular weight excluding hydrogens is 319 g/mol. The zero-order valence-electron chi connectivity index (χ0n) is 9.21. The van der Waals surface area contributed by atoms with Crippen molar-refractivity contribution in [3.05, 3.63) is 30.1 Å². The standard InChI is InChI=1S/C10H7Cl2F2N3OS/c11-9(12)16-8(5-19)15(10(18)17(16)14)7-3-1-6(13)2-4-7/h1-5,8-9H. The lowest BCUT2D eigenvalue weighted by Crippen LogP contribution is -2.43. The van der Waals surface area contributed by atoms with E-state index < -0.39 is 23.0 Å². The van der Waals surface area contributed by atoms with E-state index in [0.29, 0.717) is 0 Å². The Labute approximate surface area is 123 Å². The van der Waals surface area contributed by atoms with E-state index in [1.807, 2.05) is 0 Å². The number of amides is 2. The van der Waals surface area contributed by atoms with Gasteiger partial charge in [0.25, 0.3) is 0 Å². The Kier molecular flexibility index (Phi) is 4.19. The Bertz CT molecular complexity index is 502. The average Bonchev–Trinajstić information content (AvgIpc) is 2.63. The molecule has 0 aromatic heterocycles. The van der Waals surface area contributed by atoms with Crippen LogP contribution in [0.4, 0.5) is 19.4 Å². The highest BCUT2D eigenvalue weighted by atomic mass is 35.5. The molecule has 19 heavy (non-hydrogen) atoms. The van der Waals surface area contributed by atoms with Gasteiger partial charge in [-0.2, -0.15) is 0 Å². The predicted molar refractivity (Wildman–Crippen MR) is 72.0 cm³/mol. The Morgan fingerprint density at radius 3 is 2.37 bits per heavy atom. The molecule has 2 amide bonds. The van der Waals surface area contributed by atoms with Crippen molar-refractivity contribution in [3.63, 3.8) is 0 Å². The lowest BCUT2D eigenvalue weighted by molar-refractivity contribution is -0.0993. The van der Waals surface area contributed by atoms with Gasteiger partial charge in [-0.25, -0.2) is 9.18 Å². The minimum Gasteiger partial charge on any atom is -0.269 e. The largest absolute Gasteiger partial charge is 0.370 e. The highest BCUT2D eigenvalue weighted by molar-refractivity contribution is 7.79. The summed E-state index contributed by atoms with van der Waals surface area (Å²) in [5, 5.41) is 1.67. The van der Waals surface area contributed by atoms with Gasteiger partial charge in [0.15, 0.2) is 4.96 Å². The quantitative estimate of drug-likeness (QED) is 0.369. The summed E-state index contributed by atoms with van der Waals surface area (Å²) in [6.07, 6.45) is -0.974. The summed E-state index contributed by atoms with van der Waals surface area (Å²) >= 11 is 16.0. The fraction of sp³-hybridized carbons (Fsp3) is 0.200. The van der Waals surface area contributed by atoms with Crippen LogP contribution in [0.1, 0.15) is 0 Å². The first kappa shape index (κ1) is 14.4. The number of carbonyl (C=O) groups excluding carboxylic acids is 1. The van der Waals surface area contributed by atoms with Gasteiger partial charge in [0, 0.05) is 11.1 Å².